The van der Waals surface area contributed by atoms with Crippen LogP contribution in [-0.4, -0.2) is 15.2 Å². The molecule has 4 rings (SSSR count). The summed E-state index contributed by atoms with van der Waals surface area (Å²) in [5.74, 6) is 0.522. The maximum Gasteiger partial charge on any atom is 0.154 e. The van der Waals surface area contributed by atoms with E-state index in [1.165, 1.54) is 0 Å². The monoisotopic (exact) mass is 292 g/mol. The van der Waals surface area contributed by atoms with Gasteiger partial charge in [-0.2, -0.15) is 5.10 Å². The van der Waals surface area contributed by atoms with Crippen LogP contribution in [0.3, 0.4) is 0 Å². The molecule has 0 aliphatic heterocycles. The number of fused-ring (bicyclic) bond motifs is 1. The average molecular weight is 292 g/mol. The summed E-state index contributed by atoms with van der Waals surface area (Å²) >= 11 is 1.65. The molecule has 0 aliphatic rings. The highest BCUT2D eigenvalue weighted by molar-refractivity contribution is 7.13. The number of anilines is 1. The molecule has 0 atom stereocenters. The quantitative estimate of drug-likeness (QED) is 0.588. The van der Waals surface area contributed by atoms with Crippen LogP contribution in [0.2, 0.25) is 0 Å². The molecular weight excluding hydrogens is 280 g/mol. The SMILES string of the molecule is Nc1n[nH]c(-c2cccc3ncccc23)c1-c1cccs1. The van der Waals surface area contributed by atoms with Crippen LogP contribution >= 0.6 is 11.3 Å². The van der Waals surface area contributed by atoms with E-state index in [4.69, 9.17) is 5.73 Å². The van der Waals surface area contributed by atoms with Crippen molar-refractivity contribution in [2.45, 2.75) is 0 Å². The third-order valence-electron chi connectivity index (χ3n) is 3.48. The number of rotatable bonds is 2. The first-order chi connectivity index (χ1) is 10.3. The van der Waals surface area contributed by atoms with Gasteiger partial charge in [-0.1, -0.05) is 24.3 Å². The van der Waals surface area contributed by atoms with Gasteiger partial charge >= 0.3 is 0 Å². The molecule has 0 fully saturated rings. The Hall–Kier alpha value is -2.66. The number of hydrogen-bond donors (Lipinski definition) is 2. The normalized spacial score (nSPS) is 11.0. The molecule has 4 aromatic rings. The zero-order valence-corrected chi connectivity index (χ0v) is 11.9. The number of nitrogens with zero attached hydrogens (tertiary/aromatic N) is 2. The lowest BCUT2D eigenvalue weighted by molar-refractivity contribution is 1.10. The summed E-state index contributed by atoms with van der Waals surface area (Å²) in [6.07, 6.45) is 1.80. The maximum absolute atomic E-state index is 6.06. The predicted molar refractivity (Wildman–Crippen MR) is 87.1 cm³/mol. The molecule has 0 aliphatic carbocycles. The van der Waals surface area contributed by atoms with Crippen LogP contribution in [0.15, 0.2) is 54.0 Å². The highest BCUT2D eigenvalue weighted by Gasteiger charge is 2.17. The first-order valence-corrected chi connectivity index (χ1v) is 7.44. The summed E-state index contributed by atoms with van der Waals surface area (Å²) in [4.78, 5) is 5.51. The van der Waals surface area contributed by atoms with E-state index < -0.39 is 0 Å². The van der Waals surface area contributed by atoms with Crippen molar-refractivity contribution >= 4 is 28.1 Å². The zero-order valence-electron chi connectivity index (χ0n) is 11.1. The van der Waals surface area contributed by atoms with Crippen molar-refractivity contribution in [1.82, 2.24) is 15.2 Å². The standard InChI is InChI=1S/C16H12N4S/c17-16-14(13-7-3-9-21-13)15(19-20-16)11-4-1-6-12-10(11)5-2-8-18-12/h1-9H,(H3,17,19,20). The Morgan fingerprint density at radius 1 is 1.05 bits per heavy atom. The molecule has 0 spiro atoms. The lowest BCUT2D eigenvalue weighted by Crippen LogP contribution is -1.88. The van der Waals surface area contributed by atoms with Crippen molar-refractivity contribution < 1.29 is 0 Å². The summed E-state index contributed by atoms with van der Waals surface area (Å²) in [5, 5.41) is 10.4. The van der Waals surface area contributed by atoms with E-state index in [0.717, 1.165) is 32.6 Å². The molecule has 0 bridgehead atoms. The minimum absolute atomic E-state index is 0.522. The highest BCUT2D eigenvalue weighted by atomic mass is 32.1. The lowest BCUT2D eigenvalue weighted by Gasteiger charge is -2.06. The van der Waals surface area contributed by atoms with Gasteiger partial charge in [-0.3, -0.25) is 10.1 Å². The number of nitrogens with one attached hydrogen (secondary N) is 1. The molecule has 3 aromatic heterocycles. The van der Waals surface area contributed by atoms with Crippen molar-refractivity contribution in [1.29, 1.82) is 0 Å². The highest BCUT2D eigenvalue weighted by Crippen LogP contribution is 2.39. The smallest absolute Gasteiger partial charge is 0.154 e. The van der Waals surface area contributed by atoms with E-state index in [-0.39, 0.29) is 0 Å². The molecule has 102 valence electrons. The molecule has 1 aromatic carbocycles. The second kappa shape index (κ2) is 4.71. The third kappa shape index (κ3) is 1.90. The number of H-pyrrole nitrogens is 1. The topological polar surface area (TPSA) is 67.6 Å². The number of nitrogen functional groups attached to an aromatic ring is 1. The number of nitrogens with two attached hydrogens (primary N) is 1. The number of hydrogen-bond acceptors (Lipinski definition) is 4. The van der Waals surface area contributed by atoms with Gasteiger partial charge in [0.25, 0.3) is 0 Å². The fraction of sp³-hybridized carbons (Fsp3) is 0. The first-order valence-electron chi connectivity index (χ1n) is 6.56. The van der Waals surface area contributed by atoms with Crippen molar-refractivity contribution in [2.24, 2.45) is 0 Å². The summed E-state index contributed by atoms with van der Waals surface area (Å²) in [6.45, 7) is 0. The van der Waals surface area contributed by atoms with Crippen molar-refractivity contribution in [2.75, 3.05) is 5.73 Å². The zero-order chi connectivity index (χ0) is 14.2. The fourth-order valence-electron chi connectivity index (χ4n) is 2.54. The molecule has 4 nitrogen and oxygen atoms in total. The predicted octanol–water partition coefficient (Wildman–Crippen LogP) is 3.94. The molecule has 5 heteroatoms. The van der Waals surface area contributed by atoms with Crippen LogP contribution in [-0.2, 0) is 0 Å². The Morgan fingerprint density at radius 2 is 2.00 bits per heavy atom. The Kier molecular flexibility index (Phi) is 2.72. The van der Waals surface area contributed by atoms with Crippen LogP contribution in [0.5, 0.6) is 0 Å². The molecular formula is C16H12N4S. The van der Waals surface area contributed by atoms with Gasteiger partial charge in [0.1, 0.15) is 0 Å². The molecule has 0 unspecified atom stereocenters. The first kappa shape index (κ1) is 12.1. The Bertz CT molecular complexity index is 904. The minimum atomic E-state index is 0.522. The number of aromatic amines is 1. The van der Waals surface area contributed by atoms with Crippen molar-refractivity contribution in [3.63, 3.8) is 0 Å². The van der Waals surface area contributed by atoms with Crippen LogP contribution in [0.1, 0.15) is 0 Å². The van der Waals surface area contributed by atoms with Gasteiger partial charge in [0.15, 0.2) is 5.82 Å². The Balaban J connectivity index is 2.03. The van der Waals surface area contributed by atoms with E-state index in [9.17, 15) is 0 Å². The van der Waals surface area contributed by atoms with Gasteiger partial charge in [-0.05, 0) is 23.6 Å². The number of thiophene rings is 1. The van der Waals surface area contributed by atoms with E-state index >= 15 is 0 Å². The molecule has 3 N–H and O–H groups in total. The van der Waals surface area contributed by atoms with Crippen LogP contribution in [0, 0.1) is 0 Å². The van der Waals surface area contributed by atoms with Crippen LogP contribution < -0.4 is 5.73 Å². The molecule has 0 amide bonds. The summed E-state index contributed by atoms with van der Waals surface area (Å²) in [7, 11) is 0. The van der Waals surface area contributed by atoms with Gasteiger partial charge in [-0.15, -0.1) is 11.3 Å². The molecule has 0 saturated carbocycles. The third-order valence-corrected chi connectivity index (χ3v) is 4.36. The van der Waals surface area contributed by atoms with Gasteiger partial charge in [0, 0.05) is 22.0 Å². The second-order valence-electron chi connectivity index (χ2n) is 4.71. The van der Waals surface area contributed by atoms with E-state index in [1.54, 1.807) is 17.5 Å². The Labute approximate surface area is 125 Å². The summed E-state index contributed by atoms with van der Waals surface area (Å²) in [5.41, 5.74) is 9.98. The Morgan fingerprint density at radius 3 is 2.86 bits per heavy atom. The van der Waals surface area contributed by atoms with E-state index in [2.05, 4.69) is 33.4 Å². The van der Waals surface area contributed by atoms with Crippen LogP contribution in [0.25, 0.3) is 32.6 Å². The van der Waals surface area contributed by atoms with Crippen molar-refractivity contribution in [3.8, 4) is 21.7 Å². The number of pyridine rings is 1. The van der Waals surface area contributed by atoms with Gasteiger partial charge in [0.2, 0.25) is 0 Å². The van der Waals surface area contributed by atoms with E-state index in [0.29, 0.717) is 5.82 Å². The van der Waals surface area contributed by atoms with Gasteiger partial charge < -0.3 is 5.73 Å². The van der Waals surface area contributed by atoms with Gasteiger partial charge in [0.05, 0.1) is 16.8 Å². The fourth-order valence-corrected chi connectivity index (χ4v) is 3.33. The largest absolute Gasteiger partial charge is 0.382 e. The molecule has 0 saturated heterocycles. The lowest BCUT2D eigenvalue weighted by atomic mass is 10.0. The maximum atomic E-state index is 6.06. The van der Waals surface area contributed by atoms with E-state index in [1.807, 2.05) is 29.6 Å². The van der Waals surface area contributed by atoms with Crippen molar-refractivity contribution in [3.05, 3.63) is 54.0 Å². The molecule has 21 heavy (non-hydrogen) atoms. The average Bonchev–Trinajstić information content (AvgIpc) is 3.16. The number of benzene rings is 1. The molecule has 3 heterocycles. The second-order valence-corrected chi connectivity index (χ2v) is 5.66. The summed E-state index contributed by atoms with van der Waals surface area (Å²) in [6, 6.07) is 14.1. The van der Waals surface area contributed by atoms with Gasteiger partial charge in [-0.25, -0.2) is 0 Å². The number of aromatic nitrogens is 3. The minimum Gasteiger partial charge on any atom is -0.382 e. The summed E-state index contributed by atoms with van der Waals surface area (Å²) < 4.78 is 0. The molecule has 0 radical (unpaired) electrons. The van der Waals surface area contributed by atoms with Crippen LogP contribution in [0.4, 0.5) is 5.82 Å².